The molecule has 1 rings (SSSR count). The van der Waals surface area contributed by atoms with E-state index in [1.165, 1.54) is 6.42 Å². The first kappa shape index (κ1) is 11.8. The Morgan fingerprint density at radius 2 is 2.13 bits per heavy atom. The molecule has 0 aliphatic heterocycles. The summed E-state index contributed by atoms with van der Waals surface area (Å²) in [6.07, 6.45) is 2.98. The lowest BCUT2D eigenvalue weighted by Crippen LogP contribution is -2.23. The molecule has 1 heterocycles. The van der Waals surface area contributed by atoms with Crippen LogP contribution in [-0.2, 0) is 0 Å². The zero-order valence-electron chi connectivity index (χ0n) is 9.95. The summed E-state index contributed by atoms with van der Waals surface area (Å²) in [5.41, 5.74) is 1.05. The molecular formula is C12H20N2O. The van der Waals surface area contributed by atoms with Gasteiger partial charge in [-0.2, -0.15) is 0 Å². The van der Waals surface area contributed by atoms with Gasteiger partial charge in [-0.25, -0.2) is 4.98 Å². The minimum Gasteiger partial charge on any atom is -0.481 e. The molecule has 3 heteroatoms. The highest BCUT2D eigenvalue weighted by molar-refractivity contribution is 5.42. The molecule has 0 saturated carbocycles. The summed E-state index contributed by atoms with van der Waals surface area (Å²) < 4.78 is 5.00. The Hall–Kier alpha value is -1.25. The number of rotatable bonds is 5. The predicted octanol–water partition coefficient (Wildman–Crippen LogP) is 2.94. The molecule has 0 aliphatic rings. The van der Waals surface area contributed by atoms with Crippen molar-refractivity contribution in [2.24, 2.45) is 5.92 Å². The van der Waals surface area contributed by atoms with E-state index in [4.69, 9.17) is 4.74 Å². The fraction of sp³-hybridized carbons (Fsp3) is 0.583. The summed E-state index contributed by atoms with van der Waals surface area (Å²) >= 11 is 0. The molecule has 0 aliphatic carbocycles. The second kappa shape index (κ2) is 5.59. The summed E-state index contributed by atoms with van der Waals surface area (Å²) in [5, 5.41) is 3.43. The third kappa shape index (κ3) is 3.42. The van der Waals surface area contributed by atoms with E-state index in [2.05, 4.69) is 31.1 Å². The van der Waals surface area contributed by atoms with Crippen molar-refractivity contribution < 1.29 is 4.74 Å². The van der Waals surface area contributed by atoms with E-state index in [1.807, 2.05) is 12.1 Å². The van der Waals surface area contributed by atoms with Crippen LogP contribution in [0.4, 0.5) is 5.69 Å². The van der Waals surface area contributed by atoms with Gasteiger partial charge in [0.1, 0.15) is 0 Å². The van der Waals surface area contributed by atoms with Gasteiger partial charge in [0.25, 0.3) is 0 Å². The average Bonchev–Trinajstić information content (AvgIpc) is 2.29. The quantitative estimate of drug-likeness (QED) is 0.807. The van der Waals surface area contributed by atoms with Crippen LogP contribution in [0.2, 0.25) is 0 Å². The molecule has 15 heavy (non-hydrogen) atoms. The van der Waals surface area contributed by atoms with Crippen molar-refractivity contribution in [2.45, 2.75) is 33.2 Å². The van der Waals surface area contributed by atoms with Crippen LogP contribution < -0.4 is 10.1 Å². The highest BCUT2D eigenvalue weighted by Gasteiger charge is 2.09. The largest absolute Gasteiger partial charge is 0.481 e. The van der Waals surface area contributed by atoms with Crippen LogP contribution in [0.25, 0.3) is 0 Å². The topological polar surface area (TPSA) is 34.1 Å². The van der Waals surface area contributed by atoms with Gasteiger partial charge in [-0.1, -0.05) is 20.3 Å². The summed E-state index contributed by atoms with van der Waals surface area (Å²) in [6, 6.07) is 4.32. The average molecular weight is 208 g/mol. The monoisotopic (exact) mass is 208 g/mol. The highest BCUT2D eigenvalue weighted by atomic mass is 16.5. The van der Waals surface area contributed by atoms with E-state index in [0.29, 0.717) is 17.8 Å². The standard InChI is InChI=1S/C12H20N2O/c1-5-9(2)10(3)14-11-6-7-12(15-4)13-8-11/h6-10,14H,5H2,1-4H3. The van der Waals surface area contributed by atoms with Gasteiger partial charge in [0.05, 0.1) is 19.0 Å². The number of methoxy groups -OCH3 is 1. The minimum atomic E-state index is 0.463. The van der Waals surface area contributed by atoms with E-state index in [9.17, 15) is 0 Å². The molecule has 3 nitrogen and oxygen atoms in total. The Morgan fingerprint density at radius 1 is 1.40 bits per heavy atom. The molecule has 0 saturated heterocycles. The molecule has 2 unspecified atom stereocenters. The maximum Gasteiger partial charge on any atom is 0.213 e. The Balaban J connectivity index is 2.57. The smallest absolute Gasteiger partial charge is 0.213 e. The lowest BCUT2D eigenvalue weighted by atomic mass is 10.0. The van der Waals surface area contributed by atoms with E-state index in [1.54, 1.807) is 13.3 Å². The van der Waals surface area contributed by atoms with Crippen molar-refractivity contribution >= 4 is 5.69 Å². The Kier molecular flexibility index (Phi) is 4.40. The molecule has 0 amide bonds. The number of pyridine rings is 1. The second-order valence-corrected chi connectivity index (χ2v) is 3.91. The number of ether oxygens (including phenoxy) is 1. The van der Waals surface area contributed by atoms with Crippen LogP contribution in [0, 0.1) is 5.92 Å². The van der Waals surface area contributed by atoms with Crippen LogP contribution in [0.5, 0.6) is 5.88 Å². The SMILES string of the molecule is CCC(C)C(C)Nc1ccc(OC)nc1. The van der Waals surface area contributed by atoms with Crippen molar-refractivity contribution in [2.75, 3.05) is 12.4 Å². The molecule has 1 aromatic heterocycles. The van der Waals surface area contributed by atoms with Gasteiger partial charge in [0, 0.05) is 12.1 Å². The Bertz CT molecular complexity index is 284. The first-order valence-electron chi connectivity index (χ1n) is 5.44. The zero-order valence-corrected chi connectivity index (χ0v) is 9.95. The lowest BCUT2D eigenvalue weighted by Gasteiger charge is -2.20. The molecule has 0 radical (unpaired) electrons. The van der Waals surface area contributed by atoms with Gasteiger partial charge >= 0.3 is 0 Å². The molecule has 1 N–H and O–H groups in total. The van der Waals surface area contributed by atoms with Gasteiger partial charge in [-0.15, -0.1) is 0 Å². The number of aromatic nitrogens is 1. The van der Waals surface area contributed by atoms with Crippen LogP contribution in [-0.4, -0.2) is 18.1 Å². The highest BCUT2D eigenvalue weighted by Crippen LogP contribution is 2.16. The fourth-order valence-corrected chi connectivity index (χ4v) is 1.35. The second-order valence-electron chi connectivity index (χ2n) is 3.91. The van der Waals surface area contributed by atoms with E-state index in [0.717, 1.165) is 5.69 Å². The third-order valence-corrected chi connectivity index (χ3v) is 2.84. The zero-order chi connectivity index (χ0) is 11.3. The fourth-order valence-electron chi connectivity index (χ4n) is 1.35. The number of anilines is 1. The molecule has 2 atom stereocenters. The molecule has 0 bridgehead atoms. The number of hydrogen-bond donors (Lipinski definition) is 1. The summed E-state index contributed by atoms with van der Waals surface area (Å²) in [4.78, 5) is 4.15. The molecule has 0 spiro atoms. The van der Waals surface area contributed by atoms with Crippen molar-refractivity contribution in [1.29, 1.82) is 0 Å². The number of nitrogens with zero attached hydrogens (tertiary/aromatic N) is 1. The van der Waals surface area contributed by atoms with E-state index < -0.39 is 0 Å². The normalized spacial score (nSPS) is 14.4. The van der Waals surface area contributed by atoms with Crippen LogP contribution in [0.1, 0.15) is 27.2 Å². The Morgan fingerprint density at radius 3 is 2.60 bits per heavy atom. The van der Waals surface area contributed by atoms with Gasteiger partial charge < -0.3 is 10.1 Å². The van der Waals surface area contributed by atoms with Gasteiger partial charge in [0.2, 0.25) is 5.88 Å². The Labute approximate surface area is 91.9 Å². The van der Waals surface area contributed by atoms with Crippen molar-refractivity contribution in [3.05, 3.63) is 18.3 Å². The van der Waals surface area contributed by atoms with E-state index in [-0.39, 0.29) is 0 Å². The molecule has 1 aromatic rings. The van der Waals surface area contributed by atoms with Crippen molar-refractivity contribution in [3.8, 4) is 5.88 Å². The summed E-state index contributed by atoms with van der Waals surface area (Å²) in [6.45, 7) is 6.64. The first-order chi connectivity index (χ1) is 7.17. The molecular weight excluding hydrogens is 188 g/mol. The van der Waals surface area contributed by atoms with Gasteiger partial charge in [-0.05, 0) is 18.9 Å². The number of hydrogen-bond acceptors (Lipinski definition) is 3. The lowest BCUT2D eigenvalue weighted by molar-refractivity contribution is 0.398. The van der Waals surface area contributed by atoms with Crippen LogP contribution >= 0.6 is 0 Å². The first-order valence-corrected chi connectivity index (χ1v) is 5.44. The van der Waals surface area contributed by atoms with E-state index >= 15 is 0 Å². The predicted molar refractivity (Wildman–Crippen MR) is 63.3 cm³/mol. The maximum absolute atomic E-state index is 5.00. The van der Waals surface area contributed by atoms with Crippen molar-refractivity contribution in [1.82, 2.24) is 4.98 Å². The van der Waals surface area contributed by atoms with Crippen LogP contribution in [0.15, 0.2) is 18.3 Å². The molecule has 84 valence electrons. The van der Waals surface area contributed by atoms with Crippen molar-refractivity contribution in [3.63, 3.8) is 0 Å². The maximum atomic E-state index is 5.00. The minimum absolute atomic E-state index is 0.463. The van der Waals surface area contributed by atoms with Gasteiger partial charge in [0.15, 0.2) is 0 Å². The van der Waals surface area contributed by atoms with Gasteiger partial charge in [-0.3, -0.25) is 0 Å². The number of nitrogens with one attached hydrogen (secondary N) is 1. The molecule has 0 fully saturated rings. The summed E-state index contributed by atoms with van der Waals surface area (Å²) in [7, 11) is 1.62. The third-order valence-electron chi connectivity index (χ3n) is 2.84. The van der Waals surface area contributed by atoms with Crippen LogP contribution in [0.3, 0.4) is 0 Å². The molecule has 0 aromatic carbocycles. The summed E-state index contributed by atoms with van der Waals surface area (Å²) in [5.74, 6) is 1.31.